The largest absolute Gasteiger partial charge is 0.478 e. The summed E-state index contributed by atoms with van der Waals surface area (Å²) in [5.41, 5.74) is 0.492. The number of rotatable bonds is 4. The quantitative estimate of drug-likeness (QED) is 0.588. The highest BCUT2D eigenvalue weighted by atomic mass is 35.5. The molecule has 3 rings (SSSR count). The number of nitrogens with zero attached hydrogens (tertiary/aromatic N) is 2. The van der Waals surface area contributed by atoms with Gasteiger partial charge in [-0.2, -0.15) is 18.3 Å². The summed E-state index contributed by atoms with van der Waals surface area (Å²) < 4.78 is 40.9. The Kier molecular flexibility index (Phi) is 5.08. The predicted octanol–water partition coefficient (Wildman–Crippen LogP) is 5.60. The van der Waals surface area contributed by atoms with E-state index in [1.807, 2.05) is 0 Å². The zero-order valence-corrected chi connectivity index (χ0v) is 15.6. The first-order chi connectivity index (χ1) is 13.1. The number of nitrogens with one attached hydrogen (secondary N) is 1. The van der Waals surface area contributed by atoms with Crippen LogP contribution in [0.4, 0.5) is 24.7 Å². The van der Waals surface area contributed by atoms with Crippen LogP contribution in [0, 0.1) is 13.8 Å². The molecule has 28 heavy (non-hydrogen) atoms. The van der Waals surface area contributed by atoms with Gasteiger partial charge >= 0.3 is 12.1 Å². The highest BCUT2D eigenvalue weighted by molar-refractivity contribution is 6.31. The van der Waals surface area contributed by atoms with Crippen LogP contribution in [0.2, 0.25) is 5.02 Å². The van der Waals surface area contributed by atoms with E-state index in [9.17, 15) is 23.1 Å². The maximum atomic E-state index is 13.3. The Morgan fingerprint density at radius 1 is 1.14 bits per heavy atom. The Labute approximate surface area is 163 Å². The lowest BCUT2D eigenvalue weighted by atomic mass is 10.1. The number of hydrogen-bond donors (Lipinski definition) is 2. The molecule has 2 N–H and O–H groups in total. The fourth-order valence-electron chi connectivity index (χ4n) is 2.80. The third-order valence-electron chi connectivity index (χ3n) is 4.13. The van der Waals surface area contributed by atoms with E-state index in [-0.39, 0.29) is 22.1 Å². The van der Waals surface area contributed by atoms with Gasteiger partial charge in [0.2, 0.25) is 0 Å². The minimum atomic E-state index is -4.66. The van der Waals surface area contributed by atoms with Gasteiger partial charge in [-0.15, -0.1) is 0 Å². The van der Waals surface area contributed by atoms with Crippen LogP contribution in [-0.2, 0) is 6.18 Å². The molecule has 0 bridgehead atoms. The van der Waals surface area contributed by atoms with Gasteiger partial charge in [-0.05, 0) is 43.2 Å². The van der Waals surface area contributed by atoms with E-state index in [1.54, 1.807) is 38.1 Å². The molecule has 0 fully saturated rings. The molecule has 0 saturated heterocycles. The van der Waals surface area contributed by atoms with Crippen molar-refractivity contribution in [2.75, 3.05) is 5.32 Å². The molecule has 0 aliphatic carbocycles. The molecular formula is C19H15ClF3N3O2. The van der Waals surface area contributed by atoms with E-state index in [0.29, 0.717) is 16.8 Å². The number of carbonyl (C=O) groups is 1. The standard InChI is InChI=1S/C19H15ClF3N3O2/c1-10-5-3-4-6-14(10)26-16(9-15(25-26)19(21,22)23)24-17-11(2)7-12(20)8-13(17)18(27)28/h3-9,24H,1-2H3,(H,27,28). The Bertz CT molecular complexity index is 1060. The summed E-state index contributed by atoms with van der Waals surface area (Å²) in [5, 5.41) is 16.2. The van der Waals surface area contributed by atoms with E-state index in [4.69, 9.17) is 11.6 Å². The van der Waals surface area contributed by atoms with Crippen LogP contribution >= 0.6 is 11.6 Å². The first-order valence-electron chi connectivity index (χ1n) is 8.11. The molecule has 9 heteroatoms. The summed E-state index contributed by atoms with van der Waals surface area (Å²) in [6, 6.07) is 10.4. The van der Waals surface area contributed by atoms with E-state index in [0.717, 1.165) is 10.7 Å². The van der Waals surface area contributed by atoms with Crippen LogP contribution in [0.15, 0.2) is 42.5 Å². The molecule has 0 saturated carbocycles. The van der Waals surface area contributed by atoms with E-state index in [2.05, 4.69) is 10.4 Å². The molecule has 0 radical (unpaired) electrons. The van der Waals surface area contributed by atoms with Gasteiger partial charge in [0.15, 0.2) is 5.69 Å². The molecule has 0 amide bonds. The lowest BCUT2D eigenvalue weighted by molar-refractivity contribution is -0.141. The van der Waals surface area contributed by atoms with Crippen LogP contribution < -0.4 is 5.32 Å². The van der Waals surface area contributed by atoms with Gasteiger partial charge < -0.3 is 10.4 Å². The van der Waals surface area contributed by atoms with E-state index < -0.39 is 17.8 Å². The molecule has 0 aliphatic heterocycles. The number of aryl methyl sites for hydroxylation is 2. The molecule has 0 spiro atoms. The zero-order valence-electron chi connectivity index (χ0n) is 14.8. The second-order valence-corrected chi connectivity index (χ2v) is 6.62. The summed E-state index contributed by atoms with van der Waals surface area (Å²) >= 11 is 5.92. The van der Waals surface area contributed by atoms with Gasteiger partial charge in [0, 0.05) is 11.1 Å². The number of anilines is 2. The van der Waals surface area contributed by atoms with Gasteiger partial charge in [-0.1, -0.05) is 29.8 Å². The topological polar surface area (TPSA) is 67.2 Å². The number of aromatic carboxylic acids is 1. The first-order valence-corrected chi connectivity index (χ1v) is 8.49. The summed E-state index contributed by atoms with van der Waals surface area (Å²) in [4.78, 5) is 11.6. The molecule has 1 heterocycles. The van der Waals surface area contributed by atoms with Crippen molar-refractivity contribution >= 4 is 29.1 Å². The average molecular weight is 410 g/mol. The van der Waals surface area contributed by atoms with Gasteiger partial charge in [0.05, 0.1) is 16.9 Å². The van der Waals surface area contributed by atoms with Crippen molar-refractivity contribution < 1.29 is 23.1 Å². The normalized spacial score (nSPS) is 11.5. The number of alkyl halides is 3. The Balaban J connectivity index is 2.19. The molecule has 1 aromatic heterocycles. The molecule has 146 valence electrons. The highest BCUT2D eigenvalue weighted by Crippen LogP contribution is 2.35. The van der Waals surface area contributed by atoms with Crippen molar-refractivity contribution in [3.8, 4) is 5.69 Å². The molecular weight excluding hydrogens is 395 g/mol. The SMILES string of the molecule is Cc1ccccc1-n1nc(C(F)(F)F)cc1Nc1c(C)cc(Cl)cc1C(=O)O. The summed E-state index contributed by atoms with van der Waals surface area (Å²) in [5.74, 6) is -1.28. The molecule has 3 aromatic rings. The fourth-order valence-corrected chi connectivity index (χ4v) is 3.07. The third-order valence-corrected chi connectivity index (χ3v) is 4.35. The molecule has 0 atom stereocenters. The smallest absolute Gasteiger partial charge is 0.435 e. The first kappa shape index (κ1) is 19.8. The van der Waals surface area contributed by atoms with Crippen molar-refractivity contribution in [3.05, 3.63) is 69.9 Å². The summed E-state index contributed by atoms with van der Waals surface area (Å²) in [6.45, 7) is 3.35. The van der Waals surface area contributed by atoms with Crippen LogP contribution in [0.5, 0.6) is 0 Å². The maximum absolute atomic E-state index is 13.3. The van der Waals surface area contributed by atoms with Crippen LogP contribution in [0.25, 0.3) is 5.69 Å². The van der Waals surface area contributed by atoms with E-state index >= 15 is 0 Å². The van der Waals surface area contributed by atoms with Crippen molar-refractivity contribution in [2.45, 2.75) is 20.0 Å². The van der Waals surface area contributed by atoms with Crippen molar-refractivity contribution in [2.24, 2.45) is 0 Å². The number of hydrogen-bond acceptors (Lipinski definition) is 3. The Morgan fingerprint density at radius 2 is 1.82 bits per heavy atom. The molecule has 0 unspecified atom stereocenters. The summed E-state index contributed by atoms with van der Waals surface area (Å²) in [7, 11) is 0. The fraction of sp³-hybridized carbons (Fsp3) is 0.158. The second kappa shape index (κ2) is 7.20. The molecule has 2 aromatic carbocycles. The summed E-state index contributed by atoms with van der Waals surface area (Å²) in [6.07, 6.45) is -4.66. The van der Waals surface area contributed by atoms with Crippen LogP contribution in [-0.4, -0.2) is 20.9 Å². The van der Waals surface area contributed by atoms with Crippen molar-refractivity contribution in [1.82, 2.24) is 9.78 Å². The number of halogens is 4. The Hall–Kier alpha value is -3.00. The van der Waals surface area contributed by atoms with Gasteiger partial charge in [-0.25, -0.2) is 9.48 Å². The molecule has 5 nitrogen and oxygen atoms in total. The van der Waals surface area contributed by atoms with Crippen molar-refractivity contribution in [3.63, 3.8) is 0 Å². The number of aromatic nitrogens is 2. The second-order valence-electron chi connectivity index (χ2n) is 6.19. The third kappa shape index (κ3) is 3.82. The highest BCUT2D eigenvalue weighted by Gasteiger charge is 2.35. The zero-order chi connectivity index (χ0) is 20.6. The lowest BCUT2D eigenvalue weighted by Crippen LogP contribution is -2.09. The predicted molar refractivity (Wildman–Crippen MR) is 99.7 cm³/mol. The van der Waals surface area contributed by atoms with E-state index in [1.165, 1.54) is 12.1 Å². The van der Waals surface area contributed by atoms with Gasteiger partial charge in [0.25, 0.3) is 0 Å². The molecule has 0 aliphatic rings. The lowest BCUT2D eigenvalue weighted by Gasteiger charge is -2.15. The maximum Gasteiger partial charge on any atom is 0.435 e. The Morgan fingerprint density at radius 3 is 2.43 bits per heavy atom. The van der Waals surface area contributed by atoms with Crippen LogP contribution in [0.1, 0.15) is 27.2 Å². The number of benzene rings is 2. The monoisotopic (exact) mass is 409 g/mol. The van der Waals surface area contributed by atoms with Crippen LogP contribution in [0.3, 0.4) is 0 Å². The van der Waals surface area contributed by atoms with Crippen molar-refractivity contribution in [1.29, 1.82) is 0 Å². The number of para-hydroxylation sites is 1. The minimum absolute atomic E-state index is 0.0189. The number of carboxylic acids is 1. The number of carboxylic acid groups (broad SMARTS) is 1. The van der Waals surface area contributed by atoms with Gasteiger partial charge in [-0.3, -0.25) is 0 Å². The minimum Gasteiger partial charge on any atom is -0.478 e. The average Bonchev–Trinajstić information content (AvgIpc) is 3.01. The van der Waals surface area contributed by atoms with Gasteiger partial charge in [0.1, 0.15) is 5.82 Å².